The molecule has 0 aliphatic carbocycles. The topological polar surface area (TPSA) is 9.86 Å². The Morgan fingerprint density at radius 3 is 1.44 bits per heavy atom. The first-order chi connectivity index (χ1) is 42.2. The second kappa shape index (κ2) is 22.7. The molecule has 12 aromatic carbocycles. The fraction of sp³-hybridized carbons (Fsp3) is 0.229. The van der Waals surface area contributed by atoms with Crippen LogP contribution in [0.4, 0.5) is 0 Å². The minimum absolute atomic E-state index is 0.0278. The number of aryl methyl sites for hydroxylation is 1. The van der Waals surface area contributed by atoms with Crippen LogP contribution in [0, 0.1) is 0 Å². The monoisotopic (exact) mass is 1130 g/mol. The van der Waals surface area contributed by atoms with E-state index in [2.05, 4.69) is 288 Å². The summed E-state index contributed by atoms with van der Waals surface area (Å²) in [5.41, 5.74) is 18.0. The third kappa shape index (κ3) is 9.11. The Kier molecular flexibility index (Phi) is 14.6. The Hall–Kier alpha value is -8.50. The van der Waals surface area contributed by atoms with E-state index >= 15 is 0 Å². The molecular weight excluding hydrogens is 1050 g/mol. The molecule has 3 heteroatoms. The fourth-order valence-electron chi connectivity index (χ4n) is 15.2. The standard InChI is InChI=1S/C83H78N2Si/c1-8-14-15-28-56-41-47-70-69-35-24-27-40-78(69)85(79(70)49-56)63-51-59(50-62(54-63)84-76-38-25-22-33-67(76)68-34-23-26-39-77(68)84)80-71-36-20-21-37-72(71)81(74-52-58-29-16-17-30-64(58)65-31-18-19-32-66(65)74)73-48-46-61(53-75(73)80)83(12-5,13-6)86-82(10-3,11-4)60-44-42-57(43-45-60)55(7)9-2/h16-27,29-55H,8-15,28H2,1-7H3/q+1. The maximum atomic E-state index is 2.70. The summed E-state index contributed by atoms with van der Waals surface area (Å²) in [6.07, 6.45) is 10.1. The first kappa shape index (κ1) is 55.4. The van der Waals surface area contributed by atoms with E-state index in [4.69, 9.17) is 0 Å². The second-order valence-corrected chi connectivity index (χ2v) is 26.8. The molecule has 1 unspecified atom stereocenters. The molecular formula is C83H78N2Si+. The van der Waals surface area contributed by atoms with Gasteiger partial charge in [0.15, 0.2) is 0 Å². The smallest absolute Gasteiger partial charge is 0.309 e. The Morgan fingerprint density at radius 2 is 0.849 bits per heavy atom. The van der Waals surface area contributed by atoms with Crippen molar-refractivity contribution in [2.45, 2.75) is 122 Å². The van der Waals surface area contributed by atoms with Crippen LogP contribution in [-0.4, -0.2) is 18.7 Å². The SMILES string of the molecule is CCCCCc1ccc2c3ccccc3n(-c3cc(-c4c5ccccc5c(-c5cc6ccccc6c6ccccc56)c5ccc(C(CC)(CC)[Si+]C(CC)(CC)c6ccc(C(C)CC)cc6)cc45)cc(-n4c5ccccc5c5ccccc54)c3)c2c1. The average Bonchev–Trinajstić information content (AvgIpc) is 0.920. The number of benzene rings is 12. The number of rotatable bonds is 18. The largest absolute Gasteiger partial charge is 0.505 e. The van der Waals surface area contributed by atoms with E-state index in [0.29, 0.717) is 15.4 Å². The van der Waals surface area contributed by atoms with E-state index in [-0.39, 0.29) is 10.1 Å². The number of aromatic nitrogens is 2. The van der Waals surface area contributed by atoms with Crippen LogP contribution in [0.25, 0.3) is 120 Å². The van der Waals surface area contributed by atoms with Gasteiger partial charge in [-0.2, -0.15) is 0 Å². The van der Waals surface area contributed by atoms with Gasteiger partial charge in [0.25, 0.3) is 0 Å². The molecule has 1 atom stereocenters. The number of fused-ring (bicyclic) bond motifs is 11. The first-order valence-electron chi connectivity index (χ1n) is 32.2. The fourth-order valence-corrected chi connectivity index (χ4v) is 17.4. The van der Waals surface area contributed by atoms with Gasteiger partial charge in [0.05, 0.1) is 22.1 Å². The number of hydrogen-bond acceptors (Lipinski definition) is 0. The van der Waals surface area contributed by atoms with E-state index in [0.717, 1.165) is 49.9 Å². The summed E-state index contributed by atoms with van der Waals surface area (Å²) < 4.78 is 5.13. The molecule has 0 N–H and O–H groups in total. The minimum Gasteiger partial charge on any atom is -0.309 e. The highest BCUT2D eigenvalue weighted by Gasteiger charge is 2.56. The highest BCUT2D eigenvalue weighted by Crippen LogP contribution is 2.50. The van der Waals surface area contributed by atoms with Crippen LogP contribution in [0.1, 0.15) is 128 Å². The van der Waals surface area contributed by atoms with Gasteiger partial charge in [0.2, 0.25) is 0 Å². The van der Waals surface area contributed by atoms with E-state index in [1.165, 1.54) is 150 Å². The Labute approximate surface area is 511 Å². The summed E-state index contributed by atoms with van der Waals surface area (Å²) in [7, 11) is 0.682. The summed E-state index contributed by atoms with van der Waals surface area (Å²) >= 11 is 0. The van der Waals surface area contributed by atoms with Crippen LogP contribution < -0.4 is 0 Å². The number of unbranched alkanes of at least 4 members (excludes halogenated alkanes) is 2. The van der Waals surface area contributed by atoms with Crippen LogP contribution in [0.15, 0.2) is 231 Å². The lowest BCUT2D eigenvalue weighted by atomic mass is 9.81. The van der Waals surface area contributed by atoms with E-state index in [9.17, 15) is 0 Å². The summed E-state index contributed by atoms with van der Waals surface area (Å²) in [4.78, 5) is 0. The number of nitrogens with zero attached hydrogens (tertiary/aromatic N) is 2. The first-order valence-corrected chi connectivity index (χ1v) is 33.2. The Bertz CT molecular complexity index is 4820. The zero-order valence-corrected chi connectivity index (χ0v) is 52.3. The van der Waals surface area contributed by atoms with Gasteiger partial charge in [-0.25, -0.2) is 0 Å². The van der Waals surface area contributed by atoms with Gasteiger partial charge in [0.1, 0.15) is 10.1 Å². The number of para-hydroxylation sites is 3. The van der Waals surface area contributed by atoms with Gasteiger partial charge in [0, 0.05) is 32.9 Å². The zero-order chi connectivity index (χ0) is 58.7. The molecule has 14 aromatic rings. The molecule has 14 rings (SSSR count). The van der Waals surface area contributed by atoms with Gasteiger partial charge in [-0.15, -0.1) is 0 Å². The normalized spacial score (nSPS) is 12.7. The Morgan fingerprint density at radius 1 is 0.372 bits per heavy atom. The maximum absolute atomic E-state index is 2.70. The maximum Gasteiger partial charge on any atom is 0.505 e. The molecule has 0 spiro atoms. The molecule has 0 saturated carbocycles. The van der Waals surface area contributed by atoms with E-state index in [1.807, 2.05) is 0 Å². The summed E-state index contributed by atoms with van der Waals surface area (Å²) in [6.45, 7) is 16.8. The molecule has 0 fully saturated rings. The van der Waals surface area contributed by atoms with Crippen molar-refractivity contribution in [3.63, 3.8) is 0 Å². The summed E-state index contributed by atoms with van der Waals surface area (Å²) in [6, 6.07) is 89.5. The molecule has 0 aliphatic heterocycles. The van der Waals surface area contributed by atoms with E-state index < -0.39 is 0 Å². The van der Waals surface area contributed by atoms with Gasteiger partial charge >= 0.3 is 9.52 Å². The predicted molar refractivity (Wildman–Crippen MR) is 375 cm³/mol. The van der Waals surface area contributed by atoms with E-state index in [1.54, 1.807) is 0 Å². The third-order valence-electron chi connectivity index (χ3n) is 20.2. The van der Waals surface area contributed by atoms with Gasteiger partial charge in [-0.3, -0.25) is 0 Å². The minimum atomic E-state index is -0.0812. The predicted octanol–water partition coefficient (Wildman–Crippen LogP) is 23.5. The van der Waals surface area contributed by atoms with Crippen molar-refractivity contribution in [3.05, 3.63) is 253 Å². The molecule has 0 bridgehead atoms. The summed E-state index contributed by atoms with van der Waals surface area (Å²) in [5.74, 6) is 0.545. The van der Waals surface area contributed by atoms with Crippen LogP contribution in [0.5, 0.6) is 0 Å². The highest BCUT2D eigenvalue weighted by molar-refractivity contribution is 6.45. The lowest BCUT2D eigenvalue weighted by Crippen LogP contribution is -2.46. The lowest BCUT2D eigenvalue weighted by molar-refractivity contribution is 0.486. The average molecular weight is 1130 g/mol. The molecule has 1 radical (unpaired) electrons. The van der Waals surface area contributed by atoms with Crippen molar-refractivity contribution in [1.82, 2.24) is 9.13 Å². The molecule has 2 aromatic heterocycles. The molecule has 2 heterocycles. The van der Waals surface area contributed by atoms with Crippen molar-refractivity contribution >= 4 is 96.2 Å². The third-order valence-corrected chi connectivity index (χ3v) is 23.2. The van der Waals surface area contributed by atoms with Crippen LogP contribution in [0.2, 0.25) is 0 Å². The van der Waals surface area contributed by atoms with Crippen LogP contribution in [0.3, 0.4) is 0 Å². The molecule has 0 aliphatic rings. The van der Waals surface area contributed by atoms with Crippen molar-refractivity contribution in [2.24, 2.45) is 0 Å². The van der Waals surface area contributed by atoms with Crippen LogP contribution >= 0.6 is 0 Å². The summed E-state index contributed by atoms with van der Waals surface area (Å²) in [5, 5.41) is 15.2. The lowest BCUT2D eigenvalue weighted by Gasteiger charge is -2.31. The molecule has 2 nitrogen and oxygen atoms in total. The Balaban J connectivity index is 1.11. The van der Waals surface area contributed by atoms with Crippen molar-refractivity contribution in [3.8, 4) is 33.6 Å². The van der Waals surface area contributed by atoms with Crippen molar-refractivity contribution in [2.75, 3.05) is 0 Å². The van der Waals surface area contributed by atoms with Gasteiger partial charge in [-0.1, -0.05) is 237 Å². The van der Waals surface area contributed by atoms with Crippen molar-refractivity contribution in [1.29, 1.82) is 0 Å². The molecule has 0 saturated heterocycles. The van der Waals surface area contributed by atoms with Gasteiger partial charge < -0.3 is 9.13 Å². The highest BCUT2D eigenvalue weighted by atomic mass is 28.2. The van der Waals surface area contributed by atoms with Crippen LogP contribution in [-0.2, 0) is 16.5 Å². The number of hydrogen-bond donors (Lipinski definition) is 0. The molecule has 86 heavy (non-hydrogen) atoms. The van der Waals surface area contributed by atoms with Gasteiger partial charge in [-0.05, 0) is 193 Å². The molecule has 423 valence electrons. The molecule has 0 amide bonds. The quantitative estimate of drug-likeness (QED) is 0.0351. The van der Waals surface area contributed by atoms with Crippen molar-refractivity contribution < 1.29 is 0 Å². The second-order valence-electron chi connectivity index (χ2n) is 24.7. The zero-order valence-electron chi connectivity index (χ0n) is 51.3.